The van der Waals surface area contributed by atoms with Gasteiger partial charge in [0.25, 0.3) is 0 Å². The molecule has 1 aromatic carbocycles. The molecule has 0 amide bonds. The molecule has 2 nitrogen and oxygen atoms in total. The van der Waals surface area contributed by atoms with Gasteiger partial charge in [-0.05, 0) is 0 Å². The molecule has 94 valence electrons. The zero-order valence-electron chi connectivity index (χ0n) is 9.41. The van der Waals surface area contributed by atoms with Crippen LogP contribution in [0, 0.1) is 0 Å². The van der Waals surface area contributed by atoms with Crippen LogP contribution in [0.5, 0.6) is 0 Å². The molecule has 1 aromatic heterocycles. The standard InChI is InChI=1S/C12H10F3N2.Sb/c13-12(14,15)9-5-2-6-10-11(9)17(7-16-10)8-3-1-4-8;/h5-8H,1,3-4H2;. The first-order chi connectivity index (χ1) is 8.47. The first-order valence-electron chi connectivity index (χ1n) is 5.73. The zero-order chi connectivity index (χ0) is 12.9. The van der Waals surface area contributed by atoms with E-state index < -0.39 is 11.7 Å². The molecular weight excluding hydrogens is 351 g/mol. The third kappa shape index (κ3) is 1.93. The van der Waals surface area contributed by atoms with Crippen LogP contribution in [0.25, 0.3) is 11.0 Å². The Morgan fingerprint density at radius 1 is 1.28 bits per heavy atom. The minimum atomic E-state index is -4.32. The number of rotatable bonds is 1. The summed E-state index contributed by atoms with van der Waals surface area (Å²) in [6.07, 6.45) is 0.203. The van der Waals surface area contributed by atoms with Crippen molar-refractivity contribution >= 4 is 37.6 Å². The Hall–Kier alpha value is -0.702. The molecule has 1 aliphatic rings. The summed E-state index contributed by atoms with van der Waals surface area (Å²) in [6.45, 7) is 0. The van der Waals surface area contributed by atoms with Gasteiger partial charge >= 0.3 is 116 Å². The van der Waals surface area contributed by atoms with Crippen LogP contribution in [0.4, 0.5) is 13.2 Å². The second-order valence-corrected chi connectivity index (χ2v) is 6.07. The molecule has 1 aliphatic carbocycles. The van der Waals surface area contributed by atoms with Crippen molar-refractivity contribution in [2.45, 2.75) is 31.5 Å². The summed E-state index contributed by atoms with van der Waals surface area (Å²) in [4.78, 5) is 4.13. The SMILES string of the molecule is FC(F)(F)c1c[c]([Sb])cc2ncn(C3CCC3)c12. The molecule has 0 spiro atoms. The van der Waals surface area contributed by atoms with E-state index in [4.69, 9.17) is 0 Å². The van der Waals surface area contributed by atoms with Gasteiger partial charge in [0.15, 0.2) is 0 Å². The average Bonchev–Trinajstić information content (AvgIpc) is 2.56. The van der Waals surface area contributed by atoms with Crippen molar-refractivity contribution in [1.82, 2.24) is 9.55 Å². The van der Waals surface area contributed by atoms with Crippen molar-refractivity contribution in [1.29, 1.82) is 0 Å². The van der Waals surface area contributed by atoms with Crippen molar-refractivity contribution in [3.05, 3.63) is 24.0 Å². The minimum absolute atomic E-state index is 0.184. The Bertz CT molecular complexity index is 599. The van der Waals surface area contributed by atoms with Crippen molar-refractivity contribution in [3.8, 4) is 0 Å². The van der Waals surface area contributed by atoms with Crippen LogP contribution in [-0.2, 0) is 6.18 Å². The Labute approximate surface area is 116 Å². The number of imidazole rings is 1. The number of hydrogen-bond donors (Lipinski definition) is 0. The van der Waals surface area contributed by atoms with Gasteiger partial charge in [-0.15, -0.1) is 0 Å². The monoisotopic (exact) mass is 360 g/mol. The Kier molecular flexibility index (Phi) is 2.85. The fourth-order valence-corrected chi connectivity index (χ4v) is 3.03. The molecule has 1 fully saturated rings. The van der Waals surface area contributed by atoms with Gasteiger partial charge in [0.2, 0.25) is 0 Å². The molecule has 0 bridgehead atoms. The van der Waals surface area contributed by atoms with Gasteiger partial charge in [0.1, 0.15) is 0 Å². The molecule has 1 heterocycles. The van der Waals surface area contributed by atoms with Gasteiger partial charge in [-0.25, -0.2) is 0 Å². The van der Waals surface area contributed by atoms with Crippen LogP contribution in [-0.4, -0.2) is 32.6 Å². The normalized spacial score (nSPS) is 17.1. The molecular formula is C12H10F3N2Sb. The third-order valence-electron chi connectivity index (χ3n) is 3.43. The summed E-state index contributed by atoms with van der Waals surface area (Å²) in [6, 6.07) is 3.14. The second kappa shape index (κ2) is 4.16. The van der Waals surface area contributed by atoms with Gasteiger partial charge < -0.3 is 0 Å². The Morgan fingerprint density at radius 3 is 2.56 bits per heavy atom. The zero-order valence-corrected chi connectivity index (χ0v) is 12.0. The molecule has 0 atom stereocenters. The van der Waals surface area contributed by atoms with E-state index in [9.17, 15) is 13.2 Å². The fraction of sp³-hybridized carbons (Fsp3) is 0.417. The Balaban J connectivity index is 2.27. The van der Waals surface area contributed by atoms with Gasteiger partial charge in [-0.3, -0.25) is 0 Å². The predicted octanol–water partition coefficient (Wildman–Crippen LogP) is 2.57. The molecule has 0 aliphatic heterocycles. The topological polar surface area (TPSA) is 17.8 Å². The number of hydrogen-bond acceptors (Lipinski definition) is 1. The molecule has 3 rings (SSSR count). The van der Waals surface area contributed by atoms with Crippen LogP contribution in [0.2, 0.25) is 0 Å². The number of halogens is 3. The molecule has 2 radical (unpaired) electrons. The van der Waals surface area contributed by atoms with E-state index >= 15 is 0 Å². The molecule has 6 heteroatoms. The van der Waals surface area contributed by atoms with E-state index in [0.717, 1.165) is 19.3 Å². The number of nitrogens with zero attached hydrogens (tertiary/aromatic N) is 2. The van der Waals surface area contributed by atoms with Crippen LogP contribution in [0.15, 0.2) is 18.5 Å². The van der Waals surface area contributed by atoms with Crippen molar-refractivity contribution in [2.75, 3.05) is 0 Å². The van der Waals surface area contributed by atoms with Gasteiger partial charge in [-0.1, -0.05) is 0 Å². The van der Waals surface area contributed by atoms with E-state index in [2.05, 4.69) is 4.98 Å². The summed E-state index contributed by atoms with van der Waals surface area (Å²) in [5.41, 5.74) is 0.138. The van der Waals surface area contributed by atoms with E-state index in [1.54, 1.807) is 17.0 Å². The predicted molar refractivity (Wildman–Crippen MR) is 63.0 cm³/mol. The number of fused-ring (bicyclic) bond motifs is 1. The van der Waals surface area contributed by atoms with Gasteiger partial charge in [0.05, 0.1) is 0 Å². The van der Waals surface area contributed by atoms with Crippen LogP contribution in [0.1, 0.15) is 30.9 Å². The summed E-state index contributed by atoms with van der Waals surface area (Å²) >= 11 is 1.28. The quantitative estimate of drug-likeness (QED) is 0.715. The number of aromatic nitrogens is 2. The molecule has 0 unspecified atom stereocenters. The molecule has 2 aromatic rings. The van der Waals surface area contributed by atoms with Gasteiger partial charge in [-0.2, -0.15) is 0 Å². The summed E-state index contributed by atoms with van der Waals surface area (Å²) < 4.78 is 41.7. The van der Waals surface area contributed by atoms with Crippen molar-refractivity contribution in [3.63, 3.8) is 0 Å². The number of alkyl halides is 3. The fourth-order valence-electron chi connectivity index (χ4n) is 2.31. The van der Waals surface area contributed by atoms with Crippen LogP contribution >= 0.6 is 0 Å². The first kappa shape index (κ1) is 12.3. The maximum atomic E-state index is 13.1. The van der Waals surface area contributed by atoms with Crippen molar-refractivity contribution < 1.29 is 13.2 Å². The van der Waals surface area contributed by atoms with E-state index in [-0.39, 0.29) is 11.6 Å². The van der Waals surface area contributed by atoms with Gasteiger partial charge in [0, 0.05) is 0 Å². The molecule has 0 saturated heterocycles. The van der Waals surface area contributed by atoms with Crippen molar-refractivity contribution in [2.24, 2.45) is 0 Å². The van der Waals surface area contributed by atoms with E-state index in [1.165, 1.54) is 29.1 Å². The average molecular weight is 361 g/mol. The van der Waals surface area contributed by atoms with Crippen LogP contribution in [0.3, 0.4) is 0 Å². The Morgan fingerprint density at radius 2 is 2.00 bits per heavy atom. The van der Waals surface area contributed by atoms with E-state index in [0.29, 0.717) is 9.03 Å². The summed E-state index contributed by atoms with van der Waals surface area (Å²) in [5.74, 6) is 0. The maximum absolute atomic E-state index is 13.1. The van der Waals surface area contributed by atoms with E-state index in [1.807, 2.05) is 0 Å². The third-order valence-corrected chi connectivity index (χ3v) is 4.16. The molecule has 1 saturated carbocycles. The summed E-state index contributed by atoms with van der Waals surface area (Å²) in [5, 5.41) is 0. The molecule has 0 N–H and O–H groups in total. The summed E-state index contributed by atoms with van der Waals surface area (Å²) in [7, 11) is 0. The second-order valence-electron chi connectivity index (χ2n) is 4.60. The first-order valence-corrected chi connectivity index (χ1v) is 7.01. The van der Waals surface area contributed by atoms with Crippen LogP contribution < -0.4 is 3.51 Å². The number of benzene rings is 1. The molecule has 18 heavy (non-hydrogen) atoms.